The third-order valence-corrected chi connectivity index (χ3v) is 5.24. The second-order valence-corrected chi connectivity index (χ2v) is 8.29. The Bertz CT molecular complexity index is 878. The van der Waals surface area contributed by atoms with Crippen molar-refractivity contribution in [3.63, 3.8) is 0 Å². The van der Waals surface area contributed by atoms with Crippen LogP contribution in [0, 0.1) is 0 Å². The van der Waals surface area contributed by atoms with Crippen LogP contribution in [0.4, 0.5) is 0 Å². The van der Waals surface area contributed by atoms with Crippen LogP contribution in [-0.2, 0) is 30.4 Å². The third-order valence-electron chi connectivity index (χ3n) is 5.24. The lowest BCUT2D eigenvalue weighted by atomic mass is 10.0. The van der Waals surface area contributed by atoms with Gasteiger partial charge in [0.25, 0.3) is 0 Å². The number of aliphatic hydroxyl groups is 1. The van der Waals surface area contributed by atoms with Crippen molar-refractivity contribution in [1.82, 2.24) is 25.9 Å². The maximum atomic E-state index is 12.9. The summed E-state index contributed by atoms with van der Waals surface area (Å²) in [6.45, 7) is 1.57. The zero-order valence-corrected chi connectivity index (χ0v) is 20.0. The summed E-state index contributed by atoms with van der Waals surface area (Å²) in [5.74, 6) is -4.99. The number of aliphatic carboxylic acids is 2. The third kappa shape index (κ3) is 10.8. The molecular weight excluding hydrogens is 478 g/mol. The van der Waals surface area contributed by atoms with Crippen LogP contribution in [0.15, 0.2) is 12.5 Å². The SMILES string of the molecule is CC(O)C(NC(=O)C(CCCCN)NC(=O)C(N)CCC(=O)O)C(=O)NC(Cc1cnc[nH]1)C(=O)O. The molecule has 5 atom stereocenters. The molecule has 11 N–H and O–H groups in total. The highest BCUT2D eigenvalue weighted by Gasteiger charge is 2.32. The highest BCUT2D eigenvalue weighted by Crippen LogP contribution is 2.06. The molecule has 202 valence electrons. The highest BCUT2D eigenvalue weighted by atomic mass is 16.4. The molecule has 1 rings (SSSR count). The fourth-order valence-electron chi connectivity index (χ4n) is 3.19. The van der Waals surface area contributed by atoms with Gasteiger partial charge in [-0.25, -0.2) is 9.78 Å². The van der Waals surface area contributed by atoms with Crippen molar-refractivity contribution < 1.29 is 39.3 Å². The van der Waals surface area contributed by atoms with Gasteiger partial charge in [-0.1, -0.05) is 0 Å². The number of amides is 3. The average molecular weight is 514 g/mol. The number of hydrogen-bond acceptors (Lipinski definition) is 9. The van der Waals surface area contributed by atoms with Crippen LogP contribution in [0.25, 0.3) is 0 Å². The quantitative estimate of drug-likeness (QED) is 0.0960. The maximum absolute atomic E-state index is 12.9. The zero-order valence-electron chi connectivity index (χ0n) is 20.0. The number of carbonyl (C=O) groups is 5. The average Bonchev–Trinajstić information content (AvgIpc) is 3.32. The predicted molar refractivity (Wildman–Crippen MR) is 125 cm³/mol. The minimum absolute atomic E-state index is 0.118. The molecule has 36 heavy (non-hydrogen) atoms. The van der Waals surface area contributed by atoms with Crippen molar-refractivity contribution in [2.75, 3.05) is 6.54 Å². The van der Waals surface area contributed by atoms with Crippen LogP contribution in [-0.4, -0.2) is 91.8 Å². The fourth-order valence-corrected chi connectivity index (χ4v) is 3.19. The summed E-state index contributed by atoms with van der Waals surface area (Å²) in [5, 5.41) is 35.4. The zero-order chi connectivity index (χ0) is 27.3. The largest absolute Gasteiger partial charge is 0.481 e. The van der Waals surface area contributed by atoms with E-state index in [1.807, 2.05) is 0 Å². The Labute approximate surface area is 207 Å². The molecule has 0 aliphatic heterocycles. The molecule has 3 amide bonds. The van der Waals surface area contributed by atoms with Crippen molar-refractivity contribution in [2.24, 2.45) is 11.5 Å². The summed E-state index contributed by atoms with van der Waals surface area (Å²) < 4.78 is 0. The molecule has 0 fully saturated rings. The number of nitrogens with two attached hydrogens (primary N) is 2. The monoisotopic (exact) mass is 513 g/mol. The molecule has 0 aliphatic rings. The summed E-state index contributed by atoms with van der Waals surface area (Å²) in [4.78, 5) is 66.9. The number of aromatic nitrogens is 2. The van der Waals surface area contributed by atoms with E-state index >= 15 is 0 Å². The minimum Gasteiger partial charge on any atom is -0.481 e. The Balaban J connectivity index is 2.91. The number of carboxylic acid groups (broad SMARTS) is 2. The summed E-state index contributed by atoms with van der Waals surface area (Å²) in [7, 11) is 0. The molecule has 1 aromatic rings. The molecular formula is C21H35N7O8. The Morgan fingerprint density at radius 3 is 2.19 bits per heavy atom. The van der Waals surface area contributed by atoms with Crippen LogP contribution in [0.2, 0.25) is 0 Å². The van der Waals surface area contributed by atoms with Gasteiger partial charge >= 0.3 is 11.9 Å². The number of H-pyrrole nitrogens is 1. The molecule has 15 heteroatoms. The number of unbranched alkanes of at least 4 members (excludes halogenated alkanes) is 1. The minimum atomic E-state index is -1.53. The van der Waals surface area contributed by atoms with E-state index in [0.717, 1.165) is 0 Å². The summed E-state index contributed by atoms with van der Waals surface area (Å²) >= 11 is 0. The van der Waals surface area contributed by atoms with Crippen LogP contribution >= 0.6 is 0 Å². The van der Waals surface area contributed by atoms with Gasteiger partial charge in [0.05, 0.1) is 18.5 Å². The number of carbonyl (C=O) groups excluding carboxylic acids is 3. The number of nitrogens with one attached hydrogen (secondary N) is 4. The lowest BCUT2D eigenvalue weighted by Crippen LogP contribution is -2.60. The molecule has 0 saturated heterocycles. The number of aliphatic hydroxyl groups excluding tert-OH is 1. The number of hydrogen-bond donors (Lipinski definition) is 9. The molecule has 0 spiro atoms. The van der Waals surface area contributed by atoms with Crippen LogP contribution in [0.5, 0.6) is 0 Å². The lowest BCUT2D eigenvalue weighted by molar-refractivity contribution is -0.143. The van der Waals surface area contributed by atoms with Crippen molar-refractivity contribution >= 4 is 29.7 Å². The molecule has 0 aliphatic carbocycles. The first-order valence-corrected chi connectivity index (χ1v) is 11.4. The van der Waals surface area contributed by atoms with Crippen LogP contribution < -0.4 is 27.4 Å². The molecule has 0 aromatic carbocycles. The van der Waals surface area contributed by atoms with E-state index in [9.17, 15) is 34.2 Å². The number of nitrogens with zero attached hydrogens (tertiary/aromatic N) is 1. The van der Waals surface area contributed by atoms with Crippen molar-refractivity contribution in [1.29, 1.82) is 0 Å². The van der Waals surface area contributed by atoms with Crippen LogP contribution in [0.1, 0.15) is 44.7 Å². The Kier molecular flexibility index (Phi) is 13.1. The van der Waals surface area contributed by atoms with Crippen LogP contribution in [0.3, 0.4) is 0 Å². The molecule has 5 unspecified atom stereocenters. The first-order valence-electron chi connectivity index (χ1n) is 11.4. The summed E-state index contributed by atoms with van der Waals surface area (Å²) in [6.07, 6.45) is 1.84. The van der Waals surface area contributed by atoms with Gasteiger partial charge in [0, 0.05) is 24.7 Å². The molecule has 0 radical (unpaired) electrons. The number of aromatic amines is 1. The van der Waals surface area contributed by atoms with E-state index in [-0.39, 0.29) is 25.7 Å². The fraction of sp³-hybridized carbons (Fsp3) is 0.619. The number of rotatable bonds is 17. The van der Waals surface area contributed by atoms with Crippen molar-refractivity contribution in [2.45, 2.75) is 75.7 Å². The predicted octanol–water partition coefficient (Wildman–Crippen LogP) is -2.81. The molecule has 0 bridgehead atoms. The standard InChI is InChI=1S/C21H35N7O8/c1-11(29)17(20(34)27-15(21(35)36)8-12-9-24-10-25-12)28-19(33)14(4-2-3-7-22)26-18(32)13(23)5-6-16(30)31/h9-11,13-15,17,29H,2-8,22-23H2,1H3,(H,24,25)(H,26,32)(H,27,34)(H,28,33)(H,30,31)(H,35,36). The first-order chi connectivity index (χ1) is 17.0. The molecule has 15 nitrogen and oxygen atoms in total. The number of imidazole rings is 1. The highest BCUT2D eigenvalue weighted by molar-refractivity contribution is 5.94. The van der Waals surface area contributed by atoms with Gasteiger partial charge in [-0.05, 0) is 39.2 Å². The van der Waals surface area contributed by atoms with E-state index in [1.165, 1.54) is 19.4 Å². The van der Waals surface area contributed by atoms with Gasteiger partial charge in [0.15, 0.2) is 0 Å². The van der Waals surface area contributed by atoms with E-state index in [4.69, 9.17) is 16.6 Å². The van der Waals surface area contributed by atoms with E-state index in [1.54, 1.807) is 0 Å². The van der Waals surface area contributed by atoms with E-state index < -0.39 is 59.9 Å². The van der Waals surface area contributed by atoms with Gasteiger partial charge in [-0.3, -0.25) is 19.2 Å². The van der Waals surface area contributed by atoms with Gasteiger partial charge in [-0.15, -0.1) is 0 Å². The smallest absolute Gasteiger partial charge is 0.326 e. The van der Waals surface area contributed by atoms with Gasteiger partial charge < -0.3 is 47.7 Å². The Morgan fingerprint density at radius 2 is 1.67 bits per heavy atom. The van der Waals surface area contributed by atoms with Crippen molar-refractivity contribution in [3.8, 4) is 0 Å². The maximum Gasteiger partial charge on any atom is 0.326 e. The second-order valence-electron chi connectivity index (χ2n) is 8.29. The lowest BCUT2D eigenvalue weighted by Gasteiger charge is -2.26. The summed E-state index contributed by atoms with van der Waals surface area (Å²) in [5.41, 5.74) is 11.6. The normalized spacial score (nSPS) is 15.1. The molecule has 1 aromatic heterocycles. The second kappa shape index (κ2) is 15.4. The van der Waals surface area contributed by atoms with E-state index in [2.05, 4.69) is 25.9 Å². The Hall–Kier alpha value is -3.56. The topological polar surface area (TPSA) is 263 Å². The van der Waals surface area contributed by atoms with Gasteiger partial charge in [0.1, 0.15) is 18.1 Å². The molecule has 1 heterocycles. The van der Waals surface area contributed by atoms with Gasteiger partial charge in [0.2, 0.25) is 17.7 Å². The number of carboxylic acids is 2. The summed E-state index contributed by atoms with van der Waals surface area (Å²) in [6, 6.07) is -5.24. The Morgan fingerprint density at radius 1 is 1.00 bits per heavy atom. The first kappa shape index (κ1) is 30.5. The van der Waals surface area contributed by atoms with Crippen molar-refractivity contribution in [3.05, 3.63) is 18.2 Å². The van der Waals surface area contributed by atoms with Gasteiger partial charge in [-0.2, -0.15) is 0 Å². The van der Waals surface area contributed by atoms with E-state index in [0.29, 0.717) is 25.1 Å². The molecule has 0 saturated carbocycles.